The van der Waals surface area contributed by atoms with Gasteiger partial charge in [0, 0.05) is 17.0 Å². The van der Waals surface area contributed by atoms with Crippen LogP contribution >= 0.6 is 11.3 Å². The van der Waals surface area contributed by atoms with Crippen LogP contribution in [0.1, 0.15) is 17.4 Å². The summed E-state index contributed by atoms with van der Waals surface area (Å²) in [6, 6.07) is 11.1. The standard InChI is InChI=1S/C15H17NO3S2/c1-11-9-16(10-13-5-3-4-6-14(13)19-11)21(17,18)15-8-7-12(2)20-15/h3-8,11H,9-10H2,1-2H3. The molecule has 0 N–H and O–H groups in total. The molecule has 21 heavy (non-hydrogen) atoms. The monoisotopic (exact) mass is 323 g/mol. The number of aryl methyl sites for hydroxylation is 1. The number of hydrogen-bond donors (Lipinski definition) is 0. The summed E-state index contributed by atoms with van der Waals surface area (Å²) in [6.45, 7) is 4.51. The molecule has 1 aliphatic rings. The molecule has 1 unspecified atom stereocenters. The highest BCUT2D eigenvalue weighted by Gasteiger charge is 2.31. The van der Waals surface area contributed by atoms with Gasteiger partial charge in [-0.15, -0.1) is 11.3 Å². The Hall–Kier alpha value is -1.37. The van der Waals surface area contributed by atoms with Crippen molar-refractivity contribution in [1.29, 1.82) is 0 Å². The Morgan fingerprint density at radius 3 is 2.71 bits per heavy atom. The predicted octanol–water partition coefficient (Wildman–Crippen LogP) is 3.03. The minimum atomic E-state index is -3.47. The summed E-state index contributed by atoms with van der Waals surface area (Å²) in [5.41, 5.74) is 0.902. The number of benzene rings is 1. The van der Waals surface area contributed by atoms with Gasteiger partial charge in [-0.2, -0.15) is 4.31 Å². The Labute approximate surface area is 129 Å². The van der Waals surface area contributed by atoms with Crippen molar-refractivity contribution < 1.29 is 13.2 Å². The third kappa shape index (κ3) is 2.84. The third-order valence-electron chi connectivity index (χ3n) is 3.42. The quantitative estimate of drug-likeness (QED) is 0.853. The van der Waals surface area contributed by atoms with E-state index in [9.17, 15) is 8.42 Å². The number of para-hydroxylation sites is 1. The average Bonchev–Trinajstić information content (AvgIpc) is 2.79. The van der Waals surface area contributed by atoms with Crippen LogP contribution in [-0.2, 0) is 16.6 Å². The van der Waals surface area contributed by atoms with E-state index in [0.29, 0.717) is 17.3 Å². The summed E-state index contributed by atoms with van der Waals surface area (Å²) >= 11 is 1.31. The molecule has 0 bridgehead atoms. The van der Waals surface area contributed by atoms with Gasteiger partial charge >= 0.3 is 0 Å². The van der Waals surface area contributed by atoms with Gasteiger partial charge in [-0.05, 0) is 32.0 Å². The van der Waals surface area contributed by atoms with Gasteiger partial charge in [-0.1, -0.05) is 18.2 Å². The lowest BCUT2D eigenvalue weighted by molar-refractivity contribution is 0.201. The molecule has 3 rings (SSSR count). The Balaban J connectivity index is 1.99. The van der Waals surface area contributed by atoms with Crippen molar-refractivity contribution in [2.75, 3.05) is 6.54 Å². The van der Waals surface area contributed by atoms with Gasteiger partial charge in [0.25, 0.3) is 10.0 Å². The Kier molecular flexibility index (Phi) is 3.77. The van der Waals surface area contributed by atoms with Gasteiger partial charge in [0.1, 0.15) is 16.1 Å². The van der Waals surface area contributed by atoms with Crippen LogP contribution < -0.4 is 4.74 Å². The van der Waals surface area contributed by atoms with Crippen LogP contribution in [0.25, 0.3) is 0 Å². The third-order valence-corrected chi connectivity index (χ3v) is 6.70. The second-order valence-corrected chi connectivity index (χ2v) is 8.65. The first-order valence-electron chi connectivity index (χ1n) is 6.78. The summed E-state index contributed by atoms with van der Waals surface area (Å²) < 4.78 is 33.3. The molecule has 0 amide bonds. The highest BCUT2D eigenvalue weighted by molar-refractivity contribution is 7.91. The van der Waals surface area contributed by atoms with Crippen molar-refractivity contribution in [3.8, 4) is 5.75 Å². The zero-order chi connectivity index (χ0) is 15.0. The number of hydrogen-bond acceptors (Lipinski definition) is 4. The van der Waals surface area contributed by atoms with Crippen LogP contribution in [0.3, 0.4) is 0 Å². The summed E-state index contributed by atoms with van der Waals surface area (Å²) in [6.07, 6.45) is -0.176. The number of ether oxygens (including phenoxy) is 1. The molecule has 1 atom stereocenters. The van der Waals surface area contributed by atoms with Gasteiger partial charge in [0.2, 0.25) is 0 Å². The number of thiophene rings is 1. The molecule has 1 aliphatic heterocycles. The molecule has 0 saturated carbocycles. The molecule has 1 aromatic heterocycles. The van der Waals surface area contributed by atoms with Crippen LogP contribution in [0.5, 0.6) is 5.75 Å². The van der Waals surface area contributed by atoms with Crippen molar-refractivity contribution >= 4 is 21.4 Å². The van der Waals surface area contributed by atoms with Gasteiger partial charge in [-0.25, -0.2) is 8.42 Å². The van der Waals surface area contributed by atoms with Crippen LogP contribution in [-0.4, -0.2) is 25.4 Å². The molecule has 0 fully saturated rings. The summed E-state index contributed by atoms with van der Waals surface area (Å²) in [5.74, 6) is 0.769. The molecule has 2 heterocycles. The van der Waals surface area contributed by atoms with Gasteiger partial charge < -0.3 is 4.74 Å². The maximum Gasteiger partial charge on any atom is 0.252 e. The molecular weight excluding hydrogens is 306 g/mol. The fraction of sp³-hybridized carbons (Fsp3) is 0.333. The Morgan fingerprint density at radius 1 is 1.24 bits per heavy atom. The lowest BCUT2D eigenvalue weighted by atomic mass is 10.2. The van der Waals surface area contributed by atoms with E-state index in [0.717, 1.165) is 16.2 Å². The van der Waals surface area contributed by atoms with Crippen molar-refractivity contribution in [1.82, 2.24) is 4.31 Å². The first-order valence-corrected chi connectivity index (χ1v) is 9.03. The highest BCUT2D eigenvalue weighted by Crippen LogP contribution is 2.30. The van der Waals surface area contributed by atoms with Crippen molar-refractivity contribution in [2.24, 2.45) is 0 Å². The van der Waals surface area contributed by atoms with Crippen LogP contribution in [0.2, 0.25) is 0 Å². The highest BCUT2D eigenvalue weighted by atomic mass is 32.2. The first-order chi connectivity index (χ1) is 9.96. The van der Waals surface area contributed by atoms with E-state index in [4.69, 9.17) is 4.74 Å². The zero-order valence-corrected chi connectivity index (χ0v) is 13.6. The smallest absolute Gasteiger partial charge is 0.252 e. The summed E-state index contributed by atoms with van der Waals surface area (Å²) in [4.78, 5) is 0.994. The number of rotatable bonds is 2. The van der Waals surface area contributed by atoms with E-state index in [1.165, 1.54) is 15.6 Å². The molecule has 0 radical (unpaired) electrons. The Morgan fingerprint density at radius 2 is 2.00 bits per heavy atom. The zero-order valence-electron chi connectivity index (χ0n) is 11.9. The van der Waals surface area contributed by atoms with E-state index >= 15 is 0 Å². The van der Waals surface area contributed by atoms with Gasteiger partial charge in [0.05, 0.1) is 6.54 Å². The van der Waals surface area contributed by atoms with Crippen molar-refractivity contribution in [3.63, 3.8) is 0 Å². The molecule has 0 spiro atoms. The fourth-order valence-corrected chi connectivity index (χ4v) is 5.34. The molecule has 0 saturated heterocycles. The lowest BCUT2D eigenvalue weighted by Gasteiger charge is -2.20. The molecular formula is C15H17NO3S2. The molecule has 0 aliphatic carbocycles. The van der Waals surface area contributed by atoms with E-state index in [-0.39, 0.29) is 6.10 Å². The second kappa shape index (κ2) is 5.44. The lowest BCUT2D eigenvalue weighted by Crippen LogP contribution is -2.35. The average molecular weight is 323 g/mol. The van der Waals surface area contributed by atoms with Crippen LogP contribution in [0.15, 0.2) is 40.6 Å². The summed E-state index contributed by atoms with van der Waals surface area (Å²) in [7, 11) is -3.47. The molecule has 1 aromatic carbocycles. The van der Waals surface area contributed by atoms with Gasteiger partial charge in [-0.3, -0.25) is 0 Å². The predicted molar refractivity (Wildman–Crippen MR) is 83.2 cm³/mol. The normalized spacial score (nSPS) is 19.6. The van der Waals surface area contributed by atoms with E-state index in [1.54, 1.807) is 6.07 Å². The summed E-state index contributed by atoms with van der Waals surface area (Å²) in [5, 5.41) is 0. The fourth-order valence-electron chi connectivity index (χ4n) is 2.41. The van der Waals surface area contributed by atoms with Crippen LogP contribution in [0.4, 0.5) is 0 Å². The Bertz CT molecular complexity index is 752. The van der Waals surface area contributed by atoms with Crippen LogP contribution in [0, 0.1) is 6.92 Å². The van der Waals surface area contributed by atoms with E-state index in [1.807, 2.05) is 44.2 Å². The first kappa shape index (κ1) is 14.6. The van der Waals surface area contributed by atoms with Crippen molar-refractivity contribution in [2.45, 2.75) is 30.7 Å². The maximum absolute atomic E-state index is 12.8. The minimum absolute atomic E-state index is 0.176. The largest absolute Gasteiger partial charge is 0.489 e. The van der Waals surface area contributed by atoms with Crippen molar-refractivity contribution in [3.05, 3.63) is 46.8 Å². The topological polar surface area (TPSA) is 46.6 Å². The SMILES string of the molecule is Cc1ccc(S(=O)(=O)N2Cc3ccccc3OC(C)C2)s1. The van der Waals surface area contributed by atoms with Gasteiger partial charge in [0.15, 0.2) is 0 Å². The maximum atomic E-state index is 12.8. The number of nitrogens with zero attached hydrogens (tertiary/aromatic N) is 1. The number of fused-ring (bicyclic) bond motifs is 1. The molecule has 2 aromatic rings. The molecule has 4 nitrogen and oxygen atoms in total. The van der Waals surface area contributed by atoms with E-state index in [2.05, 4.69) is 0 Å². The second-order valence-electron chi connectivity index (χ2n) is 5.20. The molecule has 112 valence electrons. The minimum Gasteiger partial charge on any atom is -0.489 e. The van der Waals surface area contributed by atoms with E-state index < -0.39 is 10.0 Å². The molecule has 6 heteroatoms. The number of sulfonamides is 1.